The molecule has 9 heteroatoms. The first-order valence-corrected chi connectivity index (χ1v) is 12.1. The van der Waals surface area contributed by atoms with Crippen molar-refractivity contribution in [2.45, 2.75) is 18.7 Å². The fourth-order valence-electron chi connectivity index (χ4n) is 4.31. The lowest BCUT2D eigenvalue weighted by Gasteiger charge is -2.33. The first-order chi connectivity index (χ1) is 17.5. The maximum atomic E-state index is 12.6. The van der Waals surface area contributed by atoms with Gasteiger partial charge >= 0.3 is 0 Å². The van der Waals surface area contributed by atoms with Crippen LogP contribution < -0.4 is 9.47 Å². The van der Waals surface area contributed by atoms with Gasteiger partial charge in [-0.2, -0.15) is 5.10 Å². The van der Waals surface area contributed by atoms with E-state index in [9.17, 15) is 9.90 Å². The van der Waals surface area contributed by atoms with E-state index in [0.717, 1.165) is 11.3 Å². The van der Waals surface area contributed by atoms with Gasteiger partial charge in [0, 0.05) is 45.7 Å². The molecule has 1 N–H and O–H groups in total. The molecule has 0 spiro atoms. The molecule has 1 amide bonds. The van der Waals surface area contributed by atoms with E-state index in [1.807, 2.05) is 71.5 Å². The van der Waals surface area contributed by atoms with Gasteiger partial charge in [-0.05, 0) is 35.9 Å². The Hall–Kier alpha value is -3.40. The summed E-state index contributed by atoms with van der Waals surface area (Å²) < 4.78 is 18.7. The molecule has 0 aliphatic carbocycles. The van der Waals surface area contributed by atoms with Crippen molar-refractivity contribution in [3.63, 3.8) is 0 Å². The number of β-amino-alcohol motifs (C(OH)–C–C–N with tert-alkyl or cyclic N) is 1. The molecule has 1 atom stereocenters. The maximum absolute atomic E-state index is 12.6. The highest BCUT2D eigenvalue weighted by Gasteiger charge is 2.37. The summed E-state index contributed by atoms with van der Waals surface area (Å²) in [6.07, 6.45) is 3.65. The fraction of sp³-hybridized carbons (Fsp3) is 0.407. The number of carbonyl (C=O) groups excluding carboxylic acids is 1. The van der Waals surface area contributed by atoms with Crippen LogP contribution in [0.4, 0.5) is 0 Å². The first kappa shape index (κ1) is 25.7. The van der Waals surface area contributed by atoms with Crippen molar-refractivity contribution in [3.8, 4) is 11.5 Å². The van der Waals surface area contributed by atoms with Crippen LogP contribution in [0.2, 0.25) is 0 Å². The van der Waals surface area contributed by atoms with E-state index in [4.69, 9.17) is 14.2 Å². The number of nitrogens with zero attached hydrogens (tertiary/aromatic N) is 4. The van der Waals surface area contributed by atoms with Gasteiger partial charge in [-0.15, -0.1) is 0 Å². The van der Waals surface area contributed by atoms with Gasteiger partial charge in [0.05, 0.1) is 13.1 Å². The lowest BCUT2D eigenvalue weighted by Crippen LogP contribution is -2.52. The third kappa shape index (κ3) is 7.55. The van der Waals surface area contributed by atoms with E-state index >= 15 is 0 Å². The summed E-state index contributed by atoms with van der Waals surface area (Å²) in [5, 5.41) is 15.8. The Morgan fingerprint density at radius 1 is 1.03 bits per heavy atom. The predicted octanol–water partition coefficient (Wildman–Crippen LogP) is 2.06. The van der Waals surface area contributed by atoms with Gasteiger partial charge in [0.1, 0.15) is 36.9 Å². The highest BCUT2D eigenvalue weighted by Crippen LogP contribution is 2.21. The van der Waals surface area contributed by atoms with Gasteiger partial charge < -0.3 is 24.2 Å². The summed E-state index contributed by atoms with van der Waals surface area (Å²) in [4.78, 5) is 16.4. The molecule has 1 unspecified atom stereocenters. The molecule has 0 radical (unpaired) electrons. The normalized spacial score (nSPS) is 18.6. The first-order valence-electron chi connectivity index (χ1n) is 12.1. The second-order valence-electron chi connectivity index (χ2n) is 9.05. The summed E-state index contributed by atoms with van der Waals surface area (Å²) in [5.74, 6) is 1.32. The van der Waals surface area contributed by atoms with Gasteiger partial charge in [-0.25, -0.2) is 0 Å². The summed E-state index contributed by atoms with van der Waals surface area (Å²) in [6, 6.07) is 19.2. The molecule has 1 aliphatic rings. The Balaban J connectivity index is 1.41. The minimum Gasteiger partial charge on any atom is -0.492 e. The summed E-state index contributed by atoms with van der Waals surface area (Å²) in [6.45, 7) is 3.50. The van der Waals surface area contributed by atoms with Crippen LogP contribution in [0, 0.1) is 0 Å². The molecule has 9 nitrogen and oxygen atoms in total. The highest BCUT2D eigenvalue weighted by atomic mass is 16.5. The number of ether oxygens (including phenoxy) is 3. The number of para-hydroxylation sites is 1. The van der Waals surface area contributed by atoms with Crippen molar-refractivity contribution in [2.75, 3.05) is 53.1 Å². The van der Waals surface area contributed by atoms with Crippen molar-refractivity contribution in [1.82, 2.24) is 19.6 Å². The Morgan fingerprint density at radius 3 is 2.64 bits per heavy atom. The van der Waals surface area contributed by atoms with Crippen LogP contribution in [0.15, 0.2) is 73.1 Å². The molecule has 0 bridgehead atoms. The molecule has 1 aliphatic heterocycles. The number of hydrogen-bond donors (Lipinski definition) is 1. The minimum absolute atomic E-state index is 0.0203. The molecule has 4 rings (SSSR count). The van der Waals surface area contributed by atoms with Crippen molar-refractivity contribution in [3.05, 3.63) is 78.6 Å². The van der Waals surface area contributed by atoms with E-state index in [1.165, 1.54) is 7.11 Å². The molecular formula is C27H34N4O5. The van der Waals surface area contributed by atoms with Crippen LogP contribution in [-0.4, -0.2) is 89.3 Å². The zero-order chi connectivity index (χ0) is 25.2. The van der Waals surface area contributed by atoms with Crippen molar-refractivity contribution in [1.29, 1.82) is 0 Å². The standard InChI is InChI=1S/C27H34N4O5/c1-34-19-26(32)30-14-13-29(20-27(33,21-30)22-36-24-8-3-2-4-9-24)18-23-7-5-10-25(17-23)35-16-15-31-12-6-11-28-31/h2-12,17,33H,13-16,18-22H2,1H3. The number of rotatable bonds is 11. The maximum Gasteiger partial charge on any atom is 0.248 e. The average molecular weight is 495 g/mol. The van der Waals surface area contributed by atoms with Gasteiger partial charge in [0.25, 0.3) is 0 Å². The van der Waals surface area contributed by atoms with Gasteiger partial charge in [0.2, 0.25) is 5.91 Å². The Labute approximate surface area is 211 Å². The van der Waals surface area contributed by atoms with E-state index in [0.29, 0.717) is 45.1 Å². The molecule has 3 aromatic rings. The third-order valence-electron chi connectivity index (χ3n) is 6.01. The van der Waals surface area contributed by atoms with Crippen LogP contribution >= 0.6 is 0 Å². The number of aromatic nitrogens is 2. The van der Waals surface area contributed by atoms with Gasteiger partial charge in [-0.1, -0.05) is 30.3 Å². The molecule has 1 saturated heterocycles. The molecule has 1 aromatic heterocycles. The number of methoxy groups -OCH3 is 1. The Morgan fingerprint density at radius 2 is 1.86 bits per heavy atom. The molecule has 36 heavy (non-hydrogen) atoms. The highest BCUT2D eigenvalue weighted by molar-refractivity contribution is 5.77. The second kappa shape index (κ2) is 12.5. The van der Waals surface area contributed by atoms with Crippen LogP contribution in [0.25, 0.3) is 0 Å². The zero-order valence-electron chi connectivity index (χ0n) is 20.7. The van der Waals surface area contributed by atoms with Crippen LogP contribution in [0.5, 0.6) is 11.5 Å². The summed E-state index contributed by atoms with van der Waals surface area (Å²) in [7, 11) is 1.50. The molecule has 1 fully saturated rings. The largest absolute Gasteiger partial charge is 0.492 e. The van der Waals surface area contributed by atoms with E-state index in [1.54, 1.807) is 11.1 Å². The summed E-state index contributed by atoms with van der Waals surface area (Å²) in [5.41, 5.74) is -0.178. The van der Waals surface area contributed by atoms with Gasteiger partial charge in [-0.3, -0.25) is 14.4 Å². The van der Waals surface area contributed by atoms with Gasteiger partial charge in [0.15, 0.2) is 0 Å². The van der Waals surface area contributed by atoms with E-state index in [-0.39, 0.29) is 25.7 Å². The zero-order valence-corrected chi connectivity index (χ0v) is 20.7. The second-order valence-corrected chi connectivity index (χ2v) is 9.05. The summed E-state index contributed by atoms with van der Waals surface area (Å²) >= 11 is 0. The Kier molecular flexibility index (Phi) is 8.94. The fourth-order valence-corrected chi connectivity index (χ4v) is 4.31. The number of benzene rings is 2. The number of aliphatic hydroxyl groups is 1. The van der Waals surface area contributed by atoms with E-state index in [2.05, 4.69) is 10.00 Å². The lowest BCUT2D eigenvalue weighted by molar-refractivity contribution is -0.138. The van der Waals surface area contributed by atoms with E-state index < -0.39 is 5.60 Å². The van der Waals surface area contributed by atoms with Crippen molar-refractivity contribution in [2.24, 2.45) is 0 Å². The number of carbonyl (C=O) groups is 1. The van der Waals surface area contributed by atoms with Crippen LogP contribution in [0.3, 0.4) is 0 Å². The molecular weight excluding hydrogens is 460 g/mol. The van der Waals surface area contributed by atoms with Crippen molar-refractivity contribution < 1.29 is 24.1 Å². The van der Waals surface area contributed by atoms with Crippen LogP contribution in [-0.2, 0) is 22.6 Å². The lowest BCUT2D eigenvalue weighted by atomic mass is 10.0. The van der Waals surface area contributed by atoms with Crippen molar-refractivity contribution >= 4 is 5.91 Å². The van der Waals surface area contributed by atoms with Crippen LogP contribution in [0.1, 0.15) is 5.56 Å². The molecule has 2 aromatic carbocycles. The molecule has 192 valence electrons. The third-order valence-corrected chi connectivity index (χ3v) is 6.01. The smallest absolute Gasteiger partial charge is 0.248 e. The predicted molar refractivity (Wildman–Crippen MR) is 135 cm³/mol. The SMILES string of the molecule is COCC(=O)N1CCN(Cc2cccc(OCCn3cccn3)c2)CC(O)(COc2ccccc2)C1. The number of hydrogen-bond acceptors (Lipinski definition) is 7. The number of amides is 1. The topological polar surface area (TPSA) is 89.3 Å². The quantitative estimate of drug-likeness (QED) is 0.437. The average Bonchev–Trinajstić information content (AvgIpc) is 3.34. The molecule has 2 heterocycles. The monoisotopic (exact) mass is 494 g/mol. The molecule has 0 saturated carbocycles. The minimum atomic E-state index is -1.24. The Bertz CT molecular complexity index is 1080.